The molecule has 14 heteroatoms. The minimum Gasteiger partial charge on any atom is -0.460 e. The van der Waals surface area contributed by atoms with Crippen molar-refractivity contribution in [3.05, 3.63) is 29.8 Å². The van der Waals surface area contributed by atoms with E-state index in [1.165, 1.54) is 0 Å². The van der Waals surface area contributed by atoms with Crippen LogP contribution in [0, 0.1) is 0 Å². The summed E-state index contributed by atoms with van der Waals surface area (Å²) in [6, 6.07) is 7.28. The van der Waals surface area contributed by atoms with Crippen molar-refractivity contribution in [3.63, 3.8) is 0 Å². The number of carbonyl (C=O) groups is 2. The first kappa shape index (κ1) is 43.5. The van der Waals surface area contributed by atoms with Crippen LogP contribution in [-0.2, 0) is 47.4 Å². The molecule has 0 unspecified atom stereocenters. The number of esters is 1. The topological polar surface area (TPSA) is 151 Å². The summed E-state index contributed by atoms with van der Waals surface area (Å²) < 4.78 is 54.0. The van der Waals surface area contributed by atoms with E-state index in [9.17, 15) is 9.59 Å². The molecule has 0 aromatic heterocycles. The number of anilines is 1. The number of unbranched alkanes of at least 4 members (excludes halogenated alkanes) is 1. The second kappa shape index (κ2) is 30.5. The van der Waals surface area contributed by atoms with Crippen molar-refractivity contribution in [1.82, 2.24) is 5.32 Å². The lowest BCUT2D eigenvalue weighted by Gasteiger charge is -2.19. The second-order valence-electron chi connectivity index (χ2n) is 11.3. The third-order valence-corrected chi connectivity index (χ3v) is 5.96. The van der Waals surface area contributed by atoms with E-state index < -0.39 is 11.7 Å². The van der Waals surface area contributed by atoms with E-state index in [0.29, 0.717) is 118 Å². The lowest BCUT2D eigenvalue weighted by atomic mass is 10.2. The van der Waals surface area contributed by atoms with Gasteiger partial charge < -0.3 is 58.0 Å². The molecule has 0 spiro atoms. The smallest absolute Gasteiger partial charge is 0.407 e. The molecule has 0 atom stereocenters. The fourth-order valence-corrected chi connectivity index (χ4v) is 3.59. The Hall–Kier alpha value is -2.56. The van der Waals surface area contributed by atoms with Gasteiger partial charge in [0.1, 0.15) is 12.2 Å². The molecule has 0 aliphatic heterocycles. The lowest BCUT2D eigenvalue weighted by molar-refractivity contribution is -0.0243. The maximum atomic E-state index is 12.1. The van der Waals surface area contributed by atoms with E-state index in [1.807, 2.05) is 32.9 Å². The molecule has 1 amide bonds. The van der Waals surface area contributed by atoms with Gasteiger partial charge in [0.25, 0.3) is 0 Å². The third-order valence-electron chi connectivity index (χ3n) is 5.96. The van der Waals surface area contributed by atoms with Gasteiger partial charge in [0.05, 0.1) is 111 Å². The van der Waals surface area contributed by atoms with Crippen LogP contribution in [0.5, 0.6) is 0 Å². The Kier molecular flexibility index (Phi) is 27.6. The first-order chi connectivity index (χ1) is 23.3. The van der Waals surface area contributed by atoms with Gasteiger partial charge in [-0.1, -0.05) is 13.3 Å². The standard InChI is InChI=1S/C34H60N2O12/c1-5-6-11-35-31-9-7-30(8-10-31)32(37)47-29-28-46-27-26-45-25-24-44-23-22-43-21-20-42-19-18-41-17-16-40-15-14-39-13-12-36-33(38)48-34(2,3)4/h7-10,35H,5-6,11-29H2,1-4H3,(H,36,38). The predicted molar refractivity (Wildman–Crippen MR) is 181 cm³/mol. The van der Waals surface area contributed by atoms with Crippen molar-refractivity contribution in [1.29, 1.82) is 0 Å². The first-order valence-electron chi connectivity index (χ1n) is 16.9. The minimum absolute atomic E-state index is 0.186. The Balaban J connectivity index is 1.73. The maximum Gasteiger partial charge on any atom is 0.407 e. The zero-order chi connectivity index (χ0) is 35.0. The highest BCUT2D eigenvalue weighted by atomic mass is 16.6. The number of ether oxygens (including phenoxy) is 10. The van der Waals surface area contributed by atoms with Gasteiger partial charge in [-0.2, -0.15) is 0 Å². The molecule has 14 nitrogen and oxygen atoms in total. The third kappa shape index (κ3) is 28.5. The van der Waals surface area contributed by atoms with Crippen LogP contribution in [0.2, 0.25) is 0 Å². The Labute approximate surface area is 286 Å². The van der Waals surface area contributed by atoms with Crippen molar-refractivity contribution < 1.29 is 57.0 Å². The van der Waals surface area contributed by atoms with Gasteiger partial charge in [0.2, 0.25) is 0 Å². The van der Waals surface area contributed by atoms with Crippen LogP contribution in [0.1, 0.15) is 50.9 Å². The van der Waals surface area contributed by atoms with Gasteiger partial charge >= 0.3 is 12.1 Å². The molecule has 2 N–H and O–H groups in total. The molecular formula is C34H60N2O12. The molecule has 1 aromatic rings. The number of hydrogen-bond acceptors (Lipinski definition) is 13. The van der Waals surface area contributed by atoms with E-state index in [1.54, 1.807) is 12.1 Å². The molecule has 278 valence electrons. The van der Waals surface area contributed by atoms with Crippen molar-refractivity contribution in [2.24, 2.45) is 0 Å². The second-order valence-corrected chi connectivity index (χ2v) is 11.3. The van der Waals surface area contributed by atoms with Crippen LogP contribution in [0.15, 0.2) is 24.3 Å². The van der Waals surface area contributed by atoms with Crippen LogP contribution >= 0.6 is 0 Å². The number of benzene rings is 1. The molecule has 0 saturated carbocycles. The number of alkyl carbamates (subject to hydrolysis) is 1. The highest BCUT2D eigenvalue weighted by Crippen LogP contribution is 2.11. The summed E-state index contributed by atoms with van der Waals surface area (Å²) in [5.41, 5.74) is 0.993. The summed E-state index contributed by atoms with van der Waals surface area (Å²) >= 11 is 0. The van der Waals surface area contributed by atoms with E-state index in [-0.39, 0.29) is 12.6 Å². The van der Waals surface area contributed by atoms with Crippen molar-refractivity contribution in [2.75, 3.05) is 131 Å². The molecular weight excluding hydrogens is 628 g/mol. The van der Waals surface area contributed by atoms with Crippen LogP contribution in [0.4, 0.5) is 10.5 Å². The van der Waals surface area contributed by atoms with Crippen LogP contribution in [-0.4, -0.2) is 143 Å². The Morgan fingerprint density at radius 3 is 1.35 bits per heavy atom. The molecule has 48 heavy (non-hydrogen) atoms. The van der Waals surface area contributed by atoms with Crippen LogP contribution in [0.3, 0.4) is 0 Å². The first-order valence-corrected chi connectivity index (χ1v) is 16.9. The molecule has 0 saturated heterocycles. The fraction of sp³-hybridized carbons (Fsp3) is 0.765. The molecule has 1 aromatic carbocycles. The summed E-state index contributed by atoms with van der Waals surface area (Å²) in [6.45, 7) is 16.2. The predicted octanol–water partition coefficient (Wildman–Crippen LogP) is 3.71. The molecule has 1 rings (SSSR count). The van der Waals surface area contributed by atoms with Gasteiger partial charge in [-0.05, 0) is 51.5 Å². The highest BCUT2D eigenvalue weighted by Gasteiger charge is 2.15. The highest BCUT2D eigenvalue weighted by molar-refractivity contribution is 5.89. The quantitative estimate of drug-likeness (QED) is 0.0837. The number of amides is 1. The van der Waals surface area contributed by atoms with Crippen molar-refractivity contribution in [2.45, 2.75) is 46.1 Å². The van der Waals surface area contributed by atoms with Gasteiger partial charge in [0, 0.05) is 18.8 Å². The number of rotatable bonds is 32. The van der Waals surface area contributed by atoms with Gasteiger partial charge in [-0.15, -0.1) is 0 Å². The molecule has 0 aliphatic carbocycles. The summed E-state index contributed by atoms with van der Waals surface area (Å²) in [5, 5.41) is 5.94. The van der Waals surface area contributed by atoms with E-state index >= 15 is 0 Å². The SMILES string of the molecule is CCCCNc1ccc(C(=O)OCCOCCOCCOCCOCCOCCOCCOCCOCCNC(=O)OC(C)(C)C)cc1. The average molecular weight is 689 g/mol. The van der Waals surface area contributed by atoms with Gasteiger partial charge in [-0.25, -0.2) is 9.59 Å². The summed E-state index contributed by atoms with van der Waals surface area (Å²) in [6.07, 6.45) is 1.78. The normalized spacial score (nSPS) is 11.4. The largest absolute Gasteiger partial charge is 0.460 e. The van der Waals surface area contributed by atoms with E-state index in [4.69, 9.17) is 47.4 Å². The average Bonchev–Trinajstić information content (AvgIpc) is 3.05. The Morgan fingerprint density at radius 1 is 0.562 bits per heavy atom. The van der Waals surface area contributed by atoms with Gasteiger partial charge in [-0.3, -0.25) is 0 Å². The summed E-state index contributed by atoms with van der Waals surface area (Å²) in [4.78, 5) is 23.6. The molecule has 0 aliphatic rings. The Bertz CT molecular complexity index is 899. The van der Waals surface area contributed by atoms with Crippen molar-refractivity contribution in [3.8, 4) is 0 Å². The van der Waals surface area contributed by atoms with E-state index in [2.05, 4.69) is 17.6 Å². The molecule has 0 fully saturated rings. The zero-order valence-electron chi connectivity index (χ0n) is 29.6. The van der Waals surface area contributed by atoms with Crippen LogP contribution < -0.4 is 10.6 Å². The number of nitrogens with one attached hydrogen (secondary N) is 2. The van der Waals surface area contributed by atoms with Crippen molar-refractivity contribution >= 4 is 17.7 Å². The Morgan fingerprint density at radius 2 is 0.958 bits per heavy atom. The maximum absolute atomic E-state index is 12.1. The fourth-order valence-electron chi connectivity index (χ4n) is 3.59. The monoisotopic (exact) mass is 688 g/mol. The number of carbonyl (C=O) groups excluding carboxylic acids is 2. The molecule has 0 heterocycles. The number of hydrogen-bond donors (Lipinski definition) is 2. The summed E-state index contributed by atoms with van der Waals surface area (Å²) in [5.74, 6) is -0.365. The molecule has 0 bridgehead atoms. The lowest BCUT2D eigenvalue weighted by Crippen LogP contribution is -2.34. The van der Waals surface area contributed by atoms with Gasteiger partial charge in [0.15, 0.2) is 0 Å². The van der Waals surface area contributed by atoms with E-state index in [0.717, 1.165) is 25.1 Å². The summed E-state index contributed by atoms with van der Waals surface area (Å²) in [7, 11) is 0. The van der Waals surface area contributed by atoms with Crippen LogP contribution in [0.25, 0.3) is 0 Å². The molecule has 0 radical (unpaired) electrons. The zero-order valence-corrected chi connectivity index (χ0v) is 29.6. The minimum atomic E-state index is -0.515.